The number of carbonyl (C=O) groups excluding carboxylic acids is 1. The predicted molar refractivity (Wildman–Crippen MR) is 169 cm³/mol. The van der Waals surface area contributed by atoms with Crippen LogP contribution in [0.25, 0.3) is 0 Å². The van der Waals surface area contributed by atoms with Gasteiger partial charge in [-0.15, -0.1) is 0 Å². The number of carbonyl (C=O) groups is 1. The topological polar surface area (TPSA) is 197 Å². The molecule has 4 saturated carbocycles. The predicted octanol–water partition coefficient (Wildman–Crippen LogP) is 1.41. The van der Waals surface area contributed by atoms with E-state index in [4.69, 9.17) is 9.47 Å². The SMILES string of the molecule is CC1(C)C[C@H]2C3=CC[C@@H]4[C@@]5(C)C[C@@H](O)[C@H](O)[C@@](C)(CO)[C@H]5CC[C@@]4(C)[C@]3(C)CC[C@@]2(C(=O)O[C@H]2O[C@@H](CO)[C@H](O)[C@@H](O)[C@@H]2O)C[C@@H]1O. The Morgan fingerprint density at radius 2 is 1.55 bits per heavy atom. The van der Waals surface area contributed by atoms with Crippen molar-refractivity contribution in [2.45, 2.75) is 142 Å². The Bertz CT molecular complexity index is 1270. The van der Waals surface area contributed by atoms with E-state index in [9.17, 15) is 45.6 Å². The van der Waals surface area contributed by atoms with E-state index in [2.05, 4.69) is 26.8 Å². The van der Waals surface area contributed by atoms with Gasteiger partial charge in [-0.05, 0) is 90.8 Å². The summed E-state index contributed by atoms with van der Waals surface area (Å²) in [6.07, 6.45) is -3.64. The van der Waals surface area contributed by atoms with Gasteiger partial charge in [0.05, 0.1) is 36.9 Å². The van der Waals surface area contributed by atoms with Crippen LogP contribution in [0.5, 0.6) is 0 Å². The second kappa shape index (κ2) is 11.4. The number of allylic oxidation sites excluding steroid dienone is 2. The molecule has 0 amide bonds. The minimum absolute atomic E-state index is 0.0231. The Kier molecular flexibility index (Phi) is 8.68. The first-order valence-electron chi connectivity index (χ1n) is 17.6. The zero-order valence-corrected chi connectivity index (χ0v) is 28.8. The summed E-state index contributed by atoms with van der Waals surface area (Å²) in [5, 5.41) is 85.2. The lowest BCUT2D eigenvalue weighted by molar-refractivity contribution is -0.298. The summed E-state index contributed by atoms with van der Waals surface area (Å²) in [5.41, 5.74) is -2.14. The Hall–Kier alpha value is -1.15. The molecule has 0 bridgehead atoms. The minimum atomic E-state index is -1.72. The highest BCUT2D eigenvalue weighted by atomic mass is 16.7. The zero-order chi connectivity index (χ0) is 34.7. The van der Waals surface area contributed by atoms with Crippen molar-refractivity contribution >= 4 is 5.97 Å². The highest BCUT2D eigenvalue weighted by molar-refractivity contribution is 5.79. The maximum atomic E-state index is 14.4. The van der Waals surface area contributed by atoms with E-state index < -0.39 is 77.8 Å². The number of hydrogen-bond donors (Lipinski definition) is 8. The van der Waals surface area contributed by atoms with Crippen LogP contribution in [0.15, 0.2) is 11.6 Å². The molecule has 11 nitrogen and oxygen atoms in total. The van der Waals surface area contributed by atoms with Gasteiger partial charge in [-0.2, -0.15) is 0 Å². The van der Waals surface area contributed by atoms with Crippen LogP contribution in [-0.4, -0.2) is 109 Å². The molecule has 5 fully saturated rings. The molecule has 1 aliphatic heterocycles. The van der Waals surface area contributed by atoms with Crippen LogP contribution in [-0.2, 0) is 14.3 Å². The third-order valence-electron chi connectivity index (χ3n) is 15.4. The fraction of sp³-hybridized carbons (Fsp3) is 0.917. The van der Waals surface area contributed by atoms with Gasteiger partial charge < -0.3 is 50.3 Å². The number of hydrogen-bond acceptors (Lipinski definition) is 11. The average molecular weight is 667 g/mol. The standard InChI is InChI=1S/C36H58O11/c1-31(2)13-19-18-7-8-23-32(3)14-20(39)28(44)33(4,17-38)22(32)9-10-35(23,6)34(18,5)11-12-36(19,15-24(31)40)30(45)47-29-27(43)26(42)25(41)21(16-37)46-29/h7,19-29,37-44H,8-17H2,1-6H3/t19-,20+,21-,22-,23+,24-,25-,26+,27-,28-,29+,32-,33-,34+,35+,36+/m0/s1. The zero-order valence-electron chi connectivity index (χ0n) is 28.8. The van der Waals surface area contributed by atoms with Gasteiger partial charge >= 0.3 is 5.97 Å². The van der Waals surface area contributed by atoms with Crippen LogP contribution in [0.2, 0.25) is 0 Å². The lowest BCUT2D eigenvalue weighted by atomic mass is 9.33. The number of ether oxygens (including phenoxy) is 2. The average Bonchev–Trinajstić information content (AvgIpc) is 3.01. The van der Waals surface area contributed by atoms with Crippen molar-refractivity contribution in [1.82, 2.24) is 0 Å². The van der Waals surface area contributed by atoms with Crippen molar-refractivity contribution in [2.75, 3.05) is 13.2 Å². The fourth-order valence-electron chi connectivity index (χ4n) is 12.1. The molecule has 8 N–H and O–H groups in total. The molecule has 11 heteroatoms. The third kappa shape index (κ3) is 4.74. The summed E-state index contributed by atoms with van der Waals surface area (Å²) in [6, 6.07) is 0. The molecular weight excluding hydrogens is 608 g/mol. The van der Waals surface area contributed by atoms with Gasteiger partial charge in [0.15, 0.2) is 0 Å². The third-order valence-corrected chi connectivity index (χ3v) is 15.4. The van der Waals surface area contributed by atoms with E-state index in [1.165, 1.54) is 5.57 Å². The molecule has 268 valence electrons. The molecule has 1 saturated heterocycles. The van der Waals surface area contributed by atoms with E-state index >= 15 is 0 Å². The summed E-state index contributed by atoms with van der Waals surface area (Å²) in [7, 11) is 0. The fourth-order valence-corrected chi connectivity index (χ4v) is 12.1. The number of fused-ring (bicyclic) bond motifs is 7. The molecule has 6 rings (SSSR count). The van der Waals surface area contributed by atoms with Crippen LogP contribution in [0, 0.1) is 50.2 Å². The van der Waals surface area contributed by atoms with E-state index in [0.717, 1.165) is 19.3 Å². The van der Waals surface area contributed by atoms with Crippen LogP contribution < -0.4 is 0 Å². The summed E-state index contributed by atoms with van der Waals surface area (Å²) in [5.74, 6) is -0.724. The van der Waals surface area contributed by atoms with Gasteiger partial charge in [0.2, 0.25) is 6.29 Å². The van der Waals surface area contributed by atoms with Crippen molar-refractivity contribution in [1.29, 1.82) is 0 Å². The summed E-state index contributed by atoms with van der Waals surface area (Å²) < 4.78 is 11.4. The maximum Gasteiger partial charge on any atom is 0.315 e. The van der Waals surface area contributed by atoms with Gasteiger partial charge in [-0.3, -0.25) is 4.79 Å². The summed E-state index contributed by atoms with van der Waals surface area (Å²) in [6.45, 7) is 12.0. The van der Waals surface area contributed by atoms with Gasteiger partial charge in [-0.1, -0.05) is 53.2 Å². The van der Waals surface area contributed by atoms with E-state index in [-0.39, 0.29) is 47.0 Å². The molecule has 0 aromatic rings. The molecule has 1 heterocycles. The second-order valence-electron chi connectivity index (χ2n) is 17.9. The minimum Gasteiger partial charge on any atom is -0.432 e. The Labute approximate surface area is 278 Å². The van der Waals surface area contributed by atoms with Gasteiger partial charge in [0.1, 0.15) is 24.4 Å². The lowest BCUT2D eigenvalue weighted by Crippen LogP contribution is -2.68. The summed E-state index contributed by atoms with van der Waals surface area (Å²) >= 11 is 0. The molecular formula is C36H58O11. The van der Waals surface area contributed by atoms with Crippen molar-refractivity contribution in [3.8, 4) is 0 Å². The largest absolute Gasteiger partial charge is 0.432 e. The van der Waals surface area contributed by atoms with Gasteiger partial charge in [0, 0.05) is 5.41 Å². The smallest absolute Gasteiger partial charge is 0.315 e. The van der Waals surface area contributed by atoms with Crippen molar-refractivity contribution < 1.29 is 55.1 Å². The second-order valence-corrected chi connectivity index (χ2v) is 17.9. The molecule has 5 aliphatic carbocycles. The number of esters is 1. The van der Waals surface area contributed by atoms with E-state index in [0.29, 0.717) is 25.7 Å². The molecule has 0 unspecified atom stereocenters. The number of aliphatic hydroxyl groups is 8. The van der Waals surface area contributed by atoms with Gasteiger partial charge in [-0.25, -0.2) is 0 Å². The highest BCUT2D eigenvalue weighted by Crippen LogP contribution is 2.76. The first-order chi connectivity index (χ1) is 21.8. The normalized spacial score (nSPS) is 55.4. The van der Waals surface area contributed by atoms with Crippen molar-refractivity contribution in [3.63, 3.8) is 0 Å². The van der Waals surface area contributed by atoms with Crippen molar-refractivity contribution in [2.24, 2.45) is 50.2 Å². The molecule has 0 aromatic carbocycles. The first kappa shape index (κ1) is 35.7. The maximum absolute atomic E-state index is 14.4. The quantitative estimate of drug-likeness (QED) is 0.160. The van der Waals surface area contributed by atoms with E-state index in [1.807, 2.05) is 20.8 Å². The van der Waals surface area contributed by atoms with Crippen LogP contribution >= 0.6 is 0 Å². The summed E-state index contributed by atoms with van der Waals surface area (Å²) in [4.78, 5) is 14.4. The Morgan fingerprint density at radius 3 is 2.19 bits per heavy atom. The van der Waals surface area contributed by atoms with Crippen LogP contribution in [0.1, 0.15) is 92.9 Å². The molecule has 47 heavy (non-hydrogen) atoms. The van der Waals surface area contributed by atoms with Crippen LogP contribution in [0.4, 0.5) is 0 Å². The molecule has 0 radical (unpaired) electrons. The monoisotopic (exact) mass is 666 g/mol. The Morgan fingerprint density at radius 1 is 0.872 bits per heavy atom. The molecule has 6 aliphatic rings. The lowest BCUT2D eigenvalue weighted by Gasteiger charge is -2.71. The first-order valence-corrected chi connectivity index (χ1v) is 17.6. The van der Waals surface area contributed by atoms with E-state index in [1.54, 1.807) is 0 Å². The van der Waals surface area contributed by atoms with Crippen LogP contribution in [0.3, 0.4) is 0 Å². The molecule has 0 spiro atoms. The van der Waals surface area contributed by atoms with Crippen molar-refractivity contribution in [3.05, 3.63) is 11.6 Å². The Balaban J connectivity index is 1.38. The van der Waals surface area contributed by atoms with Gasteiger partial charge in [0.25, 0.3) is 0 Å². The molecule has 0 aromatic heterocycles. The molecule has 16 atom stereocenters. The highest BCUT2D eigenvalue weighted by Gasteiger charge is 2.71. The number of rotatable bonds is 4. The number of aliphatic hydroxyl groups excluding tert-OH is 8.